The number of nitrogens with one attached hydrogen (secondary N) is 2. The van der Waals surface area contributed by atoms with Crippen LogP contribution in [0.25, 0.3) is 0 Å². The average molecular weight is 348 g/mol. The van der Waals surface area contributed by atoms with Crippen LogP contribution < -0.4 is 10.0 Å². The molecule has 0 saturated carbocycles. The fourth-order valence-corrected chi connectivity index (χ4v) is 2.59. The lowest BCUT2D eigenvalue weighted by atomic mass is 10.1. The van der Waals surface area contributed by atoms with Gasteiger partial charge in [-0.25, -0.2) is 13.2 Å². The number of carboxylic acid groups (broad SMARTS) is 1. The molecule has 1 amide bonds. The molecular formula is C16H16N2O5S. The Kier molecular flexibility index (Phi) is 5.20. The molecule has 0 fully saturated rings. The minimum atomic E-state index is -3.50. The van der Waals surface area contributed by atoms with E-state index in [2.05, 4.69) is 10.0 Å². The zero-order chi connectivity index (χ0) is 17.7. The van der Waals surface area contributed by atoms with Gasteiger partial charge in [-0.15, -0.1) is 0 Å². The highest BCUT2D eigenvalue weighted by atomic mass is 32.2. The highest BCUT2D eigenvalue weighted by Crippen LogP contribution is 2.16. The number of hydrogen-bond acceptors (Lipinski definition) is 4. The number of benzene rings is 2. The van der Waals surface area contributed by atoms with Crippen molar-refractivity contribution in [3.8, 4) is 0 Å². The van der Waals surface area contributed by atoms with Gasteiger partial charge in [0.1, 0.15) is 0 Å². The summed E-state index contributed by atoms with van der Waals surface area (Å²) in [7, 11) is -3.50. The molecule has 2 aromatic carbocycles. The van der Waals surface area contributed by atoms with Crippen LogP contribution in [0, 0.1) is 0 Å². The SMILES string of the molecule is CS(=O)(=O)Nc1ccccc1C(=O)NCc1ccc(C(=O)O)cc1. The van der Waals surface area contributed by atoms with Crippen molar-refractivity contribution in [2.24, 2.45) is 0 Å². The minimum Gasteiger partial charge on any atom is -0.478 e. The van der Waals surface area contributed by atoms with Gasteiger partial charge >= 0.3 is 5.97 Å². The summed E-state index contributed by atoms with van der Waals surface area (Å²) >= 11 is 0. The fraction of sp³-hybridized carbons (Fsp3) is 0.125. The summed E-state index contributed by atoms with van der Waals surface area (Å²) in [6, 6.07) is 12.4. The van der Waals surface area contributed by atoms with Crippen molar-refractivity contribution < 1.29 is 23.1 Å². The van der Waals surface area contributed by atoms with E-state index in [0.717, 1.165) is 11.8 Å². The van der Waals surface area contributed by atoms with Crippen LogP contribution in [0.2, 0.25) is 0 Å². The van der Waals surface area contributed by atoms with E-state index in [4.69, 9.17) is 5.11 Å². The number of rotatable bonds is 6. The summed E-state index contributed by atoms with van der Waals surface area (Å²) < 4.78 is 25.0. The van der Waals surface area contributed by atoms with Gasteiger partial charge in [0, 0.05) is 6.54 Å². The topological polar surface area (TPSA) is 113 Å². The second-order valence-corrected chi connectivity index (χ2v) is 6.85. The molecule has 0 aromatic heterocycles. The summed E-state index contributed by atoms with van der Waals surface area (Å²) in [5.41, 5.74) is 1.28. The Labute approximate surface area is 139 Å². The van der Waals surface area contributed by atoms with Gasteiger partial charge in [0.25, 0.3) is 5.91 Å². The first-order valence-electron chi connectivity index (χ1n) is 6.93. The quantitative estimate of drug-likeness (QED) is 0.735. The van der Waals surface area contributed by atoms with Crippen LogP contribution in [0.5, 0.6) is 0 Å². The maximum atomic E-state index is 12.3. The van der Waals surface area contributed by atoms with E-state index in [0.29, 0.717) is 0 Å². The third kappa shape index (κ3) is 4.82. The Morgan fingerprint density at radius 3 is 2.25 bits per heavy atom. The molecule has 3 N–H and O–H groups in total. The Hall–Kier alpha value is -2.87. The van der Waals surface area contributed by atoms with E-state index in [1.54, 1.807) is 24.3 Å². The number of aromatic carboxylic acids is 1. The Morgan fingerprint density at radius 1 is 1.04 bits per heavy atom. The molecule has 2 aromatic rings. The first-order chi connectivity index (χ1) is 11.3. The van der Waals surface area contributed by atoms with Gasteiger partial charge in [0.05, 0.1) is 23.1 Å². The number of sulfonamides is 1. The highest BCUT2D eigenvalue weighted by Gasteiger charge is 2.13. The van der Waals surface area contributed by atoms with Crippen LogP contribution in [0.3, 0.4) is 0 Å². The molecule has 0 aliphatic rings. The Morgan fingerprint density at radius 2 is 1.67 bits per heavy atom. The molecule has 24 heavy (non-hydrogen) atoms. The van der Waals surface area contributed by atoms with Crippen LogP contribution in [-0.4, -0.2) is 31.7 Å². The number of carboxylic acids is 1. The first kappa shape index (κ1) is 17.5. The van der Waals surface area contributed by atoms with E-state index in [1.165, 1.54) is 24.3 Å². The summed E-state index contributed by atoms with van der Waals surface area (Å²) in [5.74, 6) is -1.46. The van der Waals surface area contributed by atoms with Gasteiger partial charge in [0.2, 0.25) is 10.0 Å². The van der Waals surface area contributed by atoms with E-state index < -0.39 is 21.9 Å². The van der Waals surface area contributed by atoms with Gasteiger partial charge in [0.15, 0.2) is 0 Å². The third-order valence-corrected chi connectivity index (χ3v) is 3.71. The fourth-order valence-electron chi connectivity index (χ4n) is 2.01. The number of hydrogen-bond donors (Lipinski definition) is 3. The molecule has 0 atom stereocenters. The first-order valence-corrected chi connectivity index (χ1v) is 8.82. The Bertz CT molecular complexity index is 860. The molecule has 2 rings (SSSR count). The number of amides is 1. The maximum absolute atomic E-state index is 12.3. The largest absolute Gasteiger partial charge is 0.478 e. The third-order valence-electron chi connectivity index (χ3n) is 3.12. The van der Waals surface area contributed by atoms with Gasteiger partial charge < -0.3 is 10.4 Å². The lowest BCUT2D eigenvalue weighted by molar-refractivity contribution is 0.0696. The molecule has 0 bridgehead atoms. The highest BCUT2D eigenvalue weighted by molar-refractivity contribution is 7.92. The van der Waals surface area contributed by atoms with Crippen molar-refractivity contribution >= 4 is 27.6 Å². The van der Waals surface area contributed by atoms with Crippen LogP contribution in [0.4, 0.5) is 5.69 Å². The van der Waals surface area contributed by atoms with Crippen LogP contribution >= 0.6 is 0 Å². The molecule has 0 radical (unpaired) electrons. The minimum absolute atomic E-state index is 0.160. The van der Waals surface area contributed by atoms with Crippen molar-refractivity contribution in [1.82, 2.24) is 5.32 Å². The Balaban J connectivity index is 2.09. The van der Waals surface area contributed by atoms with Gasteiger partial charge in [-0.1, -0.05) is 24.3 Å². The van der Waals surface area contributed by atoms with E-state index in [9.17, 15) is 18.0 Å². The van der Waals surface area contributed by atoms with Gasteiger partial charge in [-0.3, -0.25) is 9.52 Å². The van der Waals surface area contributed by atoms with Crippen molar-refractivity contribution in [3.05, 3.63) is 65.2 Å². The molecule has 0 aliphatic carbocycles. The summed E-state index contributed by atoms with van der Waals surface area (Å²) in [4.78, 5) is 23.0. The van der Waals surface area contributed by atoms with Crippen LogP contribution in [0.1, 0.15) is 26.3 Å². The summed E-state index contributed by atoms with van der Waals surface area (Å²) in [6.07, 6.45) is 1.01. The molecule has 126 valence electrons. The number of carbonyl (C=O) groups is 2. The normalized spacial score (nSPS) is 10.9. The van der Waals surface area contributed by atoms with Crippen molar-refractivity contribution in [3.63, 3.8) is 0 Å². The van der Waals surface area contributed by atoms with Crippen molar-refractivity contribution in [2.75, 3.05) is 11.0 Å². The number of para-hydroxylation sites is 1. The zero-order valence-electron chi connectivity index (χ0n) is 12.8. The van der Waals surface area contributed by atoms with E-state index >= 15 is 0 Å². The van der Waals surface area contributed by atoms with Crippen molar-refractivity contribution in [1.29, 1.82) is 0 Å². The van der Waals surface area contributed by atoms with Gasteiger partial charge in [-0.05, 0) is 29.8 Å². The molecule has 7 nitrogen and oxygen atoms in total. The zero-order valence-corrected chi connectivity index (χ0v) is 13.6. The standard InChI is InChI=1S/C16H16N2O5S/c1-24(22,23)18-14-5-3-2-4-13(14)15(19)17-10-11-6-8-12(9-7-11)16(20)21/h2-9,18H,10H2,1H3,(H,17,19)(H,20,21). The van der Waals surface area contributed by atoms with E-state index in [1.807, 2.05) is 0 Å². The maximum Gasteiger partial charge on any atom is 0.335 e. The molecule has 0 unspecified atom stereocenters. The second kappa shape index (κ2) is 7.14. The number of anilines is 1. The molecule has 0 spiro atoms. The van der Waals surface area contributed by atoms with Gasteiger partial charge in [-0.2, -0.15) is 0 Å². The number of carbonyl (C=O) groups excluding carboxylic acids is 1. The molecule has 0 heterocycles. The summed E-state index contributed by atoms with van der Waals surface area (Å²) in [6.45, 7) is 0.186. The second-order valence-electron chi connectivity index (χ2n) is 5.10. The lowest BCUT2D eigenvalue weighted by Gasteiger charge is -2.11. The summed E-state index contributed by atoms with van der Waals surface area (Å²) in [5, 5.41) is 11.5. The predicted molar refractivity (Wildman–Crippen MR) is 89.5 cm³/mol. The monoisotopic (exact) mass is 348 g/mol. The van der Waals surface area contributed by atoms with Crippen molar-refractivity contribution in [2.45, 2.75) is 6.54 Å². The molecular weight excluding hydrogens is 332 g/mol. The molecule has 0 saturated heterocycles. The van der Waals surface area contributed by atoms with Crippen LogP contribution in [-0.2, 0) is 16.6 Å². The molecule has 0 aliphatic heterocycles. The predicted octanol–water partition coefficient (Wildman–Crippen LogP) is 1.69. The van der Waals surface area contributed by atoms with Crippen LogP contribution in [0.15, 0.2) is 48.5 Å². The molecule has 8 heteroatoms. The van der Waals surface area contributed by atoms with E-state index in [-0.39, 0.29) is 23.4 Å². The average Bonchev–Trinajstić information content (AvgIpc) is 2.52. The smallest absolute Gasteiger partial charge is 0.335 e. The lowest BCUT2D eigenvalue weighted by Crippen LogP contribution is -2.24.